The Morgan fingerprint density at radius 1 is 0.536 bits per heavy atom. The third kappa shape index (κ3) is 28.6. The Kier molecular flexibility index (Phi) is 36.5. The van der Waals surface area contributed by atoms with Gasteiger partial charge < -0.3 is 40.3 Å². The van der Waals surface area contributed by atoms with Gasteiger partial charge in [0.15, 0.2) is 6.29 Å². The van der Waals surface area contributed by atoms with Crippen LogP contribution in [0.3, 0.4) is 0 Å². The monoisotopic (exact) mass is 800 g/mol. The Balaban J connectivity index is 2.28. The molecule has 1 aliphatic rings. The number of unbranched alkanes of at least 4 members (excludes halogenated alkanes) is 31. The molecule has 7 atom stereocenters. The second-order valence-electron chi connectivity index (χ2n) is 17.3. The molecule has 1 aliphatic heterocycles. The molecule has 0 spiro atoms. The van der Waals surface area contributed by atoms with E-state index in [4.69, 9.17) is 9.47 Å². The maximum atomic E-state index is 13.0. The fourth-order valence-electron chi connectivity index (χ4n) is 8.04. The van der Waals surface area contributed by atoms with Crippen LogP contribution < -0.4 is 5.32 Å². The van der Waals surface area contributed by atoms with Crippen molar-refractivity contribution in [1.29, 1.82) is 0 Å². The van der Waals surface area contributed by atoms with Gasteiger partial charge in [-0.05, 0) is 12.8 Å². The summed E-state index contributed by atoms with van der Waals surface area (Å²) >= 11 is 0. The fraction of sp³-hybridized carbons (Fsp3) is 0.979. The first-order valence-electron chi connectivity index (χ1n) is 24.2. The summed E-state index contributed by atoms with van der Waals surface area (Å²) in [5.41, 5.74) is 0. The Morgan fingerprint density at radius 2 is 0.893 bits per heavy atom. The molecule has 0 saturated carbocycles. The van der Waals surface area contributed by atoms with Gasteiger partial charge in [-0.3, -0.25) is 4.79 Å². The number of nitrogens with one attached hydrogen (secondary N) is 1. The van der Waals surface area contributed by atoms with Crippen molar-refractivity contribution in [3.63, 3.8) is 0 Å². The van der Waals surface area contributed by atoms with Gasteiger partial charge in [-0.25, -0.2) is 0 Å². The van der Waals surface area contributed by atoms with E-state index in [-0.39, 0.29) is 12.5 Å². The van der Waals surface area contributed by atoms with Crippen molar-refractivity contribution in [2.45, 2.75) is 281 Å². The Hall–Kier alpha value is -0.810. The van der Waals surface area contributed by atoms with Crippen LogP contribution in [0.4, 0.5) is 0 Å². The van der Waals surface area contributed by atoms with Crippen LogP contribution in [0.25, 0.3) is 0 Å². The van der Waals surface area contributed by atoms with Crippen molar-refractivity contribution in [1.82, 2.24) is 5.32 Å². The average molecular weight is 800 g/mol. The number of aliphatic hydroxyl groups excluding tert-OH is 5. The van der Waals surface area contributed by atoms with Crippen LogP contribution >= 0.6 is 0 Å². The summed E-state index contributed by atoms with van der Waals surface area (Å²) in [4.78, 5) is 13.0. The number of carbonyl (C=O) groups excluding carboxylic acids is 1. The molecule has 0 aromatic heterocycles. The van der Waals surface area contributed by atoms with E-state index in [0.717, 1.165) is 38.5 Å². The van der Waals surface area contributed by atoms with E-state index in [1.165, 1.54) is 173 Å². The standard InChI is InChI=1S/C47H93NO8/c1-3-5-7-9-11-13-15-17-19-20-21-23-25-27-29-31-33-35-37-43(51)48-40(39-55-47-46(54)45(53)44(52)42(38-49)56-47)41(50)36-34-32-30-28-26-24-22-18-16-14-12-10-8-6-4-2/h40-42,44-47,49-50,52-54H,3-39H2,1-2H3,(H,48,51)/t40-,41+,42+,44-,45?,46?,47+/m0/s1. The van der Waals surface area contributed by atoms with Crippen LogP contribution in [-0.4, -0.2) is 87.5 Å². The summed E-state index contributed by atoms with van der Waals surface area (Å²) < 4.78 is 11.3. The SMILES string of the molecule is CCCCCCCCCCCCCCCCCCCCC(=O)N[C@@H](CO[C@@H]1O[C@H](CO)[C@H](O)C(O)C1O)[C@H](O)CCCCCCCCCCCCCCCCC. The number of amides is 1. The van der Waals surface area contributed by atoms with Crippen LogP contribution in [0.1, 0.15) is 239 Å². The molecule has 9 heteroatoms. The van der Waals surface area contributed by atoms with Crippen LogP contribution in [0.2, 0.25) is 0 Å². The predicted molar refractivity (Wildman–Crippen MR) is 231 cm³/mol. The van der Waals surface area contributed by atoms with Crippen LogP contribution in [0.5, 0.6) is 0 Å². The quantitative estimate of drug-likeness (QED) is 0.0335. The van der Waals surface area contributed by atoms with E-state index in [1.54, 1.807) is 0 Å². The first-order chi connectivity index (χ1) is 27.3. The minimum absolute atomic E-state index is 0.131. The van der Waals surface area contributed by atoms with Gasteiger partial charge in [0.2, 0.25) is 5.91 Å². The molecule has 1 saturated heterocycles. The van der Waals surface area contributed by atoms with Crippen LogP contribution in [0.15, 0.2) is 0 Å². The van der Waals surface area contributed by atoms with Gasteiger partial charge in [0.05, 0.1) is 25.4 Å². The molecule has 1 amide bonds. The normalized spacial score (nSPS) is 21.0. The lowest BCUT2D eigenvalue weighted by atomic mass is 9.99. The van der Waals surface area contributed by atoms with Crippen LogP contribution in [-0.2, 0) is 14.3 Å². The summed E-state index contributed by atoms with van der Waals surface area (Å²) in [7, 11) is 0. The molecule has 6 N–H and O–H groups in total. The molecule has 0 aromatic carbocycles. The zero-order chi connectivity index (χ0) is 40.9. The highest BCUT2D eigenvalue weighted by molar-refractivity contribution is 5.76. The second-order valence-corrected chi connectivity index (χ2v) is 17.3. The highest BCUT2D eigenvalue weighted by Crippen LogP contribution is 2.23. The largest absolute Gasteiger partial charge is 0.394 e. The van der Waals surface area contributed by atoms with Gasteiger partial charge in [0.25, 0.3) is 0 Å². The third-order valence-electron chi connectivity index (χ3n) is 12.0. The fourth-order valence-corrected chi connectivity index (χ4v) is 8.04. The summed E-state index contributed by atoms with van der Waals surface area (Å²) in [6.45, 7) is 3.86. The summed E-state index contributed by atoms with van der Waals surface area (Å²) in [5.74, 6) is -0.139. The topological polar surface area (TPSA) is 149 Å². The molecule has 1 fully saturated rings. The third-order valence-corrected chi connectivity index (χ3v) is 12.0. The summed E-state index contributed by atoms with van der Waals surface area (Å²) in [5, 5.41) is 54.4. The minimum Gasteiger partial charge on any atom is -0.394 e. The second kappa shape index (κ2) is 38.4. The summed E-state index contributed by atoms with van der Waals surface area (Å²) in [6, 6.07) is -0.711. The van der Waals surface area contributed by atoms with E-state index in [0.29, 0.717) is 12.8 Å². The van der Waals surface area contributed by atoms with E-state index in [1.807, 2.05) is 0 Å². The van der Waals surface area contributed by atoms with Gasteiger partial charge in [0.1, 0.15) is 24.4 Å². The number of carbonyl (C=O) groups is 1. The van der Waals surface area contributed by atoms with E-state index >= 15 is 0 Å². The Labute approximate surface area is 344 Å². The molecule has 1 heterocycles. The smallest absolute Gasteiger partial charge is 0.220 e. The van der Waals surface area contributed by atoms with E-state index < -0.39 is 49.5 Å². The Bertz CT molecular complexity index is 847. The Morgan fingerprint density at radius 3 is 1.27 bits per heavy atom. The number of rotatable bonds is 41. The lowest BCUT2D eigenvalue weighted by molar-refractivity contribution is -0.302. The molecule has 0 aromatic rings. The first kappa shape index (κ1) is 53.2. The van der Waals surface area contributed by atoms with Gasteiger partial charge >= 0.3 is 0 Å². The van der Waals surface area contributed by atoms with Crippen LogP contribution in [0, 0.1) is 0 Å². The predicted octanol–water partition coefficient (Wildman–Crippen LogP) is 10.3. The van der Waals surface area contributed by atoms with Gasteiger partial charge in [0, 0.05) is 6.42 Å². The number of hydrogen-bond acceptors (Lipinski definition) is 8. The van der Waals surface area contributed by atoms with Gasteiger partial charge in [-0.2, -0.15) is 0 Å². The molecule has 334 valence electrons. The number of hydrogen-bond donors (Lipinski definition) is 6. The first-order valence-corrected chi connectivity index (χ1v) is 24.2. The van der Waals surface area contributed by atoms with Crippen molar-refractivity contribution in [3.05, 3.63) is 0 Å². The van der Waals surface area contributed by atoms with Crippen molar-refractivity contribution >= 4 is 5.91 Å². The van der Waals surface area contributed by atoms with Gasteiger partial charge in [-0.1, -0.05) is 219 Å². The highest BCUT2D eigenvalue weighted by Gasteiger charge is 2.44. The maximum Gasteiger partial charge on any atom is 0.220 e. The minimum atomic E-state index is -1.55. The highest BCUT2D eigenvalue weighted by atomic mass is 16.7. The molecule has 56 heavy (non-hydrogen) atoms. The zero-order valence-electron chi connectivity index (χ0n) is 36.7. The zero-order valence-corrected chi connectivity index (χ0v) is 36.7. The summed E-state index contributed by atoms with van der Waals surface area (Å²) in [6.07, 6.45) is 35.3. The molecule has 2 unspecified atom stereocenters. The molecule has 0 bridgehead atoms. The van der Waals surface area contributed by atoms with Crippen molar-refractivity contribution < 1.29 is 39.8 Å². The van der Waals surface area contributed by atoms with Gasteiger partial charge in [-0.15, -0.1) is 0 Å². The molecule has 1 rings (SSSR count). The molecule has 0 radical (unpaired) electrons. The molecular weight excluding hydrogens is 707 g/mol. The number of aliphatic hydroxyl groups is 5. The molecular formula is C47H93NO8. The van der Waals surface area contributed by atoms with Crippen molar-refractivity contribution in [3.8, 4) is 0 Å². The van der Waals surface area contributed by atoms with E-state index in [9.17, 15) is 30.3 Å². The van der Waals surface area contributed by atoms with Crippen molar-refractivity contribution in [2.24, 2.45) is 0 Å². The van der Waals surface area contributed by atoms with E-state index in [2.05, 4.69) is 19.2 Å². The molecule has 0 aliphatic carbocycles. The maximum absolute atomic E-state index is 13.0. The average Bonchev–Trinajstić information content (AvgIpc) is 3.20. The van der Waals surface area contributed by atoms with Crippen molar-refractivity contribution in [2.75, 3.05) is 13.2 Å². The number of ether oxygens (including phenoxy) is 2. The lowest BCUT2D eigenvalue weighted by Gasteiger charge is -2.40. The lowest BCUT2D eigenvalue weighted by Crippen LogP contribution is -2.60. The molecule has 9 nitrogen and oxygen atoms in total.